The summed E-state index contributed by atoms with van der Waals surface area (Å²) < 4.78 is 64.7. The van der Waals surface area contributed by atoms with Crippen molar-refractivity contribution in [1.82, 2.24) is 18.7 Å². The zero-order chi connectivity index (χ0) is 17.4. The maximum atomic E-state index is 12.9. The van der Waals surface area contributed by atoms with Gasteiger partial charge in [0.05, 0.1) is 6.20 Å². The van der Waals surface area contributed by atoms with Gasteiger partial charge in [0.25, 0.3) is 0 Å². The molecule has 23 heavy (non-hydrogen) atoms. The van der Waals surface area contributed by atoms with Crippen molar-refractivity contribution < 1.29 is 26.4 Å². The van der Waals surface area contributed by atoms with Crippen LogP contribution in [0.2, 0.25) is 0 Å². The highest BCUT2D eigenvalue weighted by Crippen LogP contribution is 2.32. The molecule has 2 heterocycles. The van der Waals surface area contributed by atoms with Crippen LogP contribution in [-0.2, 0) is 21.2 Å². The summed E-state index contributed by atoms with van der Waals surface area (Å²) in [6.07, 6.45) is -3.13. The molecule has 0 saturated heterocycles. The highest BCUT2D eigenvalue weighted by atomic mass is 32.2. The first-order chi connectivity index (χ1) is 10.5. The van der Waals surface area contributed by atoms with E-state index in [1.54, 1.807) is 4.72 Å². The molecule has 0 spiro atoms. The Bertz CT molecular complexity index is 859. The average molecular weight is 348 g/mol. The molecule has 0 aliphatic carbocycles. The van der Waals surface area contributed by atoms with Crippen molar-refractivity contribution >= 4 is 16.1 Å². The van der Waals surface area contributed by atoms with Crippen LogP contribution in [0.5, 0.6) is 0 Å². The van der Waals surface area contributed by atoms with Gasteiger partial charge in [-0.3, -0.25) is 9.78 Å². The van der Waals surface area contributed by atoms with Gasteiger partial charge in [-0.2, -0.15) is 21.6 Å². The Morgan fingerprint density at radius 1 is 1.35 bits per heavy atom. The second-order valence-corrected chi connectivity index (χ2v) is 6.09. The Labute approximate surface area is 129 Å². The standard InChI is InChI=1S/C12H11F3N4O3S/c1-7-9(4-3-5-16-7)11-17-10(12(13,14)15)6-19(11)23(21,22)18-8(2)20/h3-6H,1-2H3,(H,18,20). The van der Waals surface area contributed by atoms with Crippen LogP contribution >= 0.6 is 0 Å². The average Bonchev–Trinajstić information content (AvgIpc) is 2.83. The molecule has 2 rings (SSSR count). The number of carbonyl (C=O) groups is 1. The maximum absolute atomic E-state index is 12.9. The number of rotatable bonds is 3. The zero-order valence-electron chi connectivity index (χ0n) is 11.9. The molecule has 0 saturated carbocycles. The van der Waals surface area contributed by atoms with E-state index in [4.69, 9.17) is 0 Å². The zero-order valence-corrected chi connectivity index (χ0v) is 12.7. The molecule has 1 N–H and O–H groups in total. The Balaban J connectivity index is 2.73. The quantitative estimate of drug-likeness (QED) is 0.907. The van der Waals surface area contributed by atoms with Crippen LogP contribution in [0.4, 0.5) is 13.2 Å². The van der Waals surface area contributed by atoms with E-state index >= 15 is 0 Å². The fourth-order valence-electron chi connectivity index (χ4n) is 1.81. The van der Waals surface area contributed by atoms with E-state index in [9.17, 15) is 26.4 Å². The van der Waals surface area contributed by atoms with E-state index in [0.29, 0.717) is 6.20 Å². The molecule has 7 nitrogen and oxygen atoms in total. The maximum Gasteiger partial charge on any atom is 0.434 e. The molecule has 0 unspecified atom stereocenters. The van der Waals surface area contributed by atoms with Crippen molar-refractivity contribution in [3.8, 4) is 11.4 Å². The summed E-state index contributed by atoms with van der Waals surface area (Å²) in [4.78, 5) is 18.2. The van der Waals surface area contributed by atoms with Gasteiger partial charge in [-0.25, -0.2) is 13.7 Å². The molecule has 0 fully saturated rings. The first kappa shape index (κ1) is 16.9. The van der Waals surface area contributed by atoms with Crippen molar-refractivity contribution in [3.63, 3.8) is 0 Å². The predicted octanol–water partition coefficient (Wildman–Crippen LogP) is 1.50. The smallest absolute Gasteiger partial charge is 0.274 e. The minimum Gasteiger partial charge on any atom is -0.274 e. The molecule has 0 radical (unpaired) electrons. The number of nitrogens with one attached hydrogen (secondary N) is 1. The fourth-order valence-corrected chi connectivity index (χ4v) is 2.88. The highest BCUT2D eigenvalue weighted by Gasteiger charge is 2.37. The second kappa shape index (κ2) is 5.65. The van der Waals surface area contributed by atoms with Crippen LogP contribution in [0, 0.1) is 6.92 Å². The van der Waals surface area contributed by atoms with Gasteiger partial charge >= 0.3 is 16.4 Å². The normalized spacial score (nSPS) is 12.2. The number of pyridine rings is 1. The molecule has 0 aliphatic heterocycles. The number of nitrogens with zero attached hydrogens (tertiary/aromatic N) is 3. The lowest BCUT2D eigenvalue weighted by molar-refractivity contribution is -0.140. The Kier molecular flexibility index (Phi) is 4.16. The van der Waals surface area contributed by atoms with E-state index in [-0.39, 0.29) is 15.2 Å². The summed E-state index contributed by atoms with van der Waals surface area (Å²) in [6, 6.07) is 2.81. The van der Waals surface area contributed by atoms with Gasteiger partial charge in [-0.15, -0.1) is 0 Å². The van der Waals surface area contributed by atoms with Gasteiger partial charge < -0.3 is 0 Å². The Morgan fingerprint density at radius 3 is 2.52 bits per heavy atom. The van der Waals surface area contributed by atoms with Crippen molar-refractivity contribution in [3.05, 3.63) is 35.9 Å². The topological polar surface area (TPSA) is 94.0 Å². The number of hydrogen-bond acceptors (Lipinski definition) is 5. The third kappa shape index (κ3) is 3.50. The van der Waals surface area contributed by atoms with E-state index in [0.717, 1.165) is 6.92 Å². The van der Waals surface area contributed by atoms with Crippen molar-refractivity contribution in [2.75, 3.05) is 0 Å². The van der Waals surface area contributed by atoms with Gasteiger partial charge in [0.2, 0.25) is 5.91 Å². The summed E-state index contributed by atoms with van der Waals surface area (Å²) >= 11 is 0. The van der Waals surface area contributed by atoms with Crippen LogP contribution < -0.4 is 4.72 Å². The van der Waals surface area contributed by atoms with Crippen LogP contribution in [-0.4, -0.2) is 28.3 Å². The number of aryl methyl sites for hydroxylation is 1. The van der Waals surface area contributed by atoms with Crippen LogP contribution in [0.25, 0.3) is 11.4 Å². The number of halogens is 3. The second-order valence-electron chi connectivity index (χ2n) is 4.54. The lowest BCUT2D eigenvalue weighted by atomic mass is 10.2. The van der Waals surface area contributed by atoms with Crippen molar-refractivity contribution in [1.29, 1.82) is 0 Å². The predicted molar refractivity (Wildman–Crippen MR) is 73.3 cm³/mol. The molecule has 1 amide bonds. The minimum absolute atomic E-state index is 0.0944. The van der Waals surface area contributed by atoms with Gasteiger partial charge in [-0.05, 0) is 19.1 Å². The van der Waals surface area contributed by atoms with Crippen LogP contribution in [0.15, 0.2) is 24.5 Å². The molecule has 0 aliphatic rings. The van der Waals surface area contributed by atoms with Gasteiger partial charge in [0.1, 0.15) is 0 Å². The van der Waals surface area contributed by atoms with E-state index in [2.05, 4.69) is 9.97 Å². The summed E-state index contributed by atoms with van der Waals surface area (Å²) in [7, 11) is -4.57. The van der Waals surface area contributed by atoms with Gasteiger partial charge in [0.15, 0.2) is 11.5 Å². The SMILES string of the molecule is CC(=O)NS(=O)(=O)n1cc(C(F)(F)F)nc1-c1cccnc1C. The number of imidazole rings is 1. The third-order valence-electron chi connectivity index (χ3n) is 2.74. The fraction of sp³-hybridized carbons (Fsp3) is 0.250. The van der Waals surface area contributed by atoms with Gasteiger partial charge in [-0.1, -0.05) is 0 Å². The molecular formula is C12H11F3N4O3S. The largest absolute Gasteiger partial charge is 0.434 e. The molecule has 0 bridgehead atoms. The third-order valence-corrected chi connectivity index (χ3v) is 4.09. The lowest BCUT2D eigenvalue weighted by Gasteiger charge is -2.10. The first-order valence-corrected chi connectivity index (χ1v) is 7.59. The number of carbonyl (C=O) groups excluding carboxylic acids is 1. The minimum atomic E-state index is -4.85. The summed E-state index contributed by atoms with van der Waals surface area (Å²) in [5.74, 6) is -1.43. The molecular weight excluding hydrogens is 337 g/mol. The number of aromatic nitrogens is 3. The van der Waals surface area contributed by atoms with Crippen molar-refractivity contribution in [2.24, 2.45) is 0 Å². The molecule has 11 heteroatoms. The Hall–Kier alpha value is -2.43. The molecule has 2 aromatic rings. The highest BCUT2D eigenvalue weighted by molar-refractivity contribution is 7.88. The molecule has 0 atom stereocenters. The van der Waals surface area contributed by atoms with Gasteiger partial charge in [0, 0.05) is 24.4 Å². The monoisotopic (exact) mass is 348 g/mol. The van der Waals surface area contributed by atoms with Crippen molar-refractivity contribution in [2.45, 2.75) is 20.0 Å². The first-order valence-electron chi connectivity index (χ1n) is 6.15. The summed E-state index contributed by atoms with van der Waals surface area (Å²) in [5.41, 5.74) is -1.02. The number of hydrogen-bond donors (Lipinski definition) is 1. The summed E-state index contributed by atoms with van der Waals surface area (Å²) in [5, 5.41) is 0. The summed E-state index contributed by atoms with van der Waals surface area (Å²) in [6.45, 7) is 2.42. The van der Waals surface area contributed by atoms with E-state index in [1.165, 1.54) is 25.3 Å². The lowest BCUT2D eigenvalue weighted by Crippen LogP contribution is -2.33. The van der Waals surface area contributed by atoms with Crippen LogP contribution in [0.3, 0.4) is 0 Å². The van der Waals surface area contributed by atoms with E-state index in [1.807, 2.05) is 0 Å². The van der Waals surface area contributed by atoms with Crippen LogP contribution in [0.1, 0.15) is 18.3 Å². The molecule has 124 valence electrons. The number of alkyl halides is 3. The van der Waals surface area contributed by atoms with E-state index < -0.39 is 33.8 Å². The Morgan fingerprint density at radius 2 is 2.00 bits per heavy atom. The number of amides is 1. The molecule has 2 aromatic heterocycles. The molecule has 0 aromatic carbocycles.